The van der Waals surface area contributed by atoms with Gasteiger partial charge in [-0.05, 0) is 17.0 Å². The second-order valence-corrected chi connectivity index (χ2v) is 4.63. The average molecular weight is 275 g/mol. The Morgan fingerprint density at radius 1 is 1.32 bits per heavy atom. The smallest absolute Gasteiger partial charge is 0.252 e. The number of nitrogens with one attached hydrogen (secondary N) is 1. The maximum atomic E-state index is 12.0. The minimum absolute atomic E-state index is 0.0604. The summed E-state index contributed by atoms with van der Waals surface area (Å²) < 4.78 is 0. The molecule has 5 nitrogen and oxygen atoms in total. The molecule has 4 N–H and O–H groups in total. The van der Waals surface area contributed by atoms with Crippen molar-refractivity contribution in [3.8, 4) is 0 Å². The Morgan fingerprint density at radius 3 is 2.63 bits per heavy atom. The van der Waals surface area contributed by atoms with Gasteiger partial charge in [0.05, 0.1) is 5.56 Å². The first-order valence-corrected chi connectivity index (χ1v) is 6.52. The summed E-state index contributed by atoms with van der Waals surface area (Å²) in [6.45, 7) is 0. The van der Waals surface area contributed by atoms with Crippen molar-refractivity contribution in [3.63, 3.8) is 0 Å². The highest BCUT2D eigenvalue weighted by Gasteiger charge is 2.19. The molecule has 1 amide bonds. The van der Waals surface area contributed by atoms with Crippen LogP contribution in [0, 0.1) is 0 Å². The van der Waals surface area contributed by atoms with Gasteiger partial charge in [0.2, 0.25) is 0 Å². The fraction of sp³-hybridized carbons (Fsp3) is 0.0769. The fourth-order valence-electron chi connectivity index (χ4n) is 1.64. The third kappa shape index (κ3) is 3.11. The molecule has 2 aromatic rings. The first-order chi connectivity index (χ1) is 9.22. The van der Waals surface area contributed by atoms with Gasteiger partial charge in [0.1, 0.15) is 6.04 Å². The average Bonchev–Trinajstić information content (AvgIpc) is 2.99. The summed E-state index contributed by atoms with van der Waals surface area (Å²) in [5.41, 5.74) is 6.94. The molecule has 2 rings (SSSR count). The van der Waals surface area contributed by atoms with Gasteiger partial charge in [-0.1, -0.05) is 35.5 Å². The highest BCUT2D eigenvalue weighted by atomic mass is 32.1. The molecular formula is C13H13N3O2S. The molecule has 1 aromatic carbocycles. The first kappa shape index (κ1) is 13.1. The summed E-state index contributed by atoms with van der Waals surface area (Å²) >= 11 is 1.43. The number of carbonyl (C=O) groups excluding carboxylic acids is 1. The van der Waals surface area contributed by atoms with E-state index < -0.39 is 6.04 Å². The molecule has 0 bridgehead atoms. The zero-order valence-corrected chi connectivity index (χ0v) is 10.8. The summed E-state index contributed by atoms with van der Waals surface area (Å²) in [6.07, 6.45) is 0. The van der Waals surface area contributed by atoms with Gasteiger partial charge in [0, 0.05) is 5.38 Å². The van der Waals surface area contributed by atoms with Crippen molar-refractivity contribution >= 4 is 23.1 Å². The Hall–Kier alpha value is -2.34. The van der Waals surface area contributed by atoms with Gasteiger partial charge < -0.3 is 16.3 Å². The van der Waals surface area contributed by atoms with Crippen LogP contribution in [-0.2, 0) is 0 Å². The van der Waals surface area contributed by atoms with E-state index >= 15 is 0 Å². The van der Waals surface area contributed by atoms with Gasteiger partial charge in [-0.2, -0.15) is 11.3 Å². The maximum Gasteiger partial charge on any atom is 0.252 e. The van der Waals surface area contributed by atoms with E-state index in [1.54, 1.807) is 23.6 Å². The third-order valence-electron chi connectivity index (χ3n) is 2.60. The van der Waals surface area contributed by atoms with E-state index in [1.165, 1.54) is 11.3 Å². The van der Waals surface area contributed by atoms with Crippen molar-refractivity contribution in [2.75, 3.05) is 0 Å². The van der Waals surface area contributed by atoms with Crippen LogP contribution in [0.5, 0.6) is 0 Å². The van der Waals surface area contributed by atoms with Crippen LogP contribution in [-0.4, -0.2) is 17.0 Å². The molecule has 0 radical (unpaired) electrons. The Bertz CT molecular complexity index is 567. The van der Waals surface area contributed by atoms with Crippen LogP contribution in [0.4, 0.5) is 0 Å². The van der Waals surface area contributed by atoms with E-state index in [1.807, 2.05) is 23.6 Å². The van der Waals surface area contributed by atoms with Gasteiger partial charge in [0.25, 0.3) is 5.91 Å². The topological polar surface area (TPSA) is 87.7 Å². The predicted octanol–water partition coefficient (Wildman–Crippen LogP) is 1.97. The number of amides is 1. The van der Waals surface area contributed by atoms with E-state index in [0.717, 1.165) is 5.56 Å². The predicted molar refractivity (Wildman–Crippen MR) is 74.4 cm³/mol. The summed E-state index contributed by atoms with van der Waals surface area (Å²) in [7, 11) is 0. The molecule has 1 atom stereocenters. The normalized spacial score (nSPS) is 12.9. The standard InChI is InChI=1S/C13H13N3O2S/c14-12(16-18)11(9-4-2-1-3-5-9)15-13(17)10-6-7-19-8-10/h1-8,11,18H,(H2,14,16)(H,15,17). The third-order valence-corrected chi connectivity index (χ3v) is 3.29. The minimum atomic E-state index is -0.654. The number of carbonyl (C=O) groups is 1. The Balaban J connectivity index is 2.23. The summed E-state index contributed by atoms with van der Waals surface area (Å²) in [5.74, 6) is -0.323. The molecule has 6 heteroatoms. The van der Waals surface area contributed by atoms with Crippen molar-refractivity contribution in [1.29, 1.82) is 0 Å². The number of thiophene rings is 1. The molecule has 0 aliphatic heterocycles. The summed E-state index contributed by atoms with van der Waals surface area (Å²) in [6, 6.07) is 10.2. The quantitative estimate of drug-likeness (QED) is 0.345. The van der Waals surface area contributed by atoms with Gasteiger partial charge in [0.15, 0.2) is 5.84 Å². The van der Waals surface area contributed by atoms with Crippen molar-refractivity contribution in [1.82, 2.24) is 5.32 Å². The molecule has 0 aliphatic carbocycles. The molecule has 1 heterocycles. The zero-order chi connectivity index (χ0) is 13.7. The lowest BCUT2D eigenvalue weighted by Gasteiger charge is -2.17. The van der Waals surface area contributed by atoms with Crippen LogP contribution in [0.25, 0.3) is 0 Å². The van der Waals surface area contributed by atoms with Crippen LogP contribution in [0.1, 0.15) is 22.0 Å². The molecule has 0 saturated heterocycles. The number of nitrogens with two attached hydrogens (primary N) is 1. The lowest BCUT2D eigenvalue weighted by molar-refractivity contribution is 0.0946. The lowest BCUT2D eigenvalue weighted by Crippen LogP contribution is -2.37. The SMILES string of the molecule is N/C(=N\O)C(NC(=O)c1ccsc1)c1ccccc1. The van der Waals surface area contributed by atoms with Crippen LogP contribution < -0.4 is 11.1 Å². The van der Waals surface area contributed by atoms with Crippen LogP contribution in [0.3, 0.4) is 0 Å². The fourth-order valence-corrected chi connectivity index (χ4v) is 2.28. The van der Waals surface area contributed by atoms with E-state index in [0.29, 0.717) is 5.56 Å². The Labute approximate surface area is 114 Å². The monoisotopic (exact) mass is 275 g/mol. The first-order valence-electron chi connectivity index (χ1n) is 5.58. The molecular weight excluding hydrogens is 262 g/mol. The number of nitrogens with zero attached hydrogens (tertiary/aromatic N) is 1. The molecule has 1 aromatic heterocycles. The number of benzene rings is 1. The van der Waals surface area contributed by atoms with E-state index in [9.17, 15) is 4.79 Å². The second kappa shape index (κ2) is 6.01. The van der Waals surface area contributed by atoms with E-state index in [2.05, 4.69) is 10.5 Å². The van der Waals surface area contributed by atoms with Crippen molar-refractivity contribution < 1.29 is 10.0 Å². The molecule has 98 valence electrons. The summed E-state index contributed by atoms with van der Waals surface area (Å²) in [5, 5.41) is 18.1. The van der Waals surface area contributed by atoms with Crippen LogP contribution in [0.15, 0.2) is 52.3 Å². The van der Waals surface area contributed by atoms with Crippen LogP contribution in [0.2, 0.25) is 0 Å². The minimum Gasteiger partial charge on any atom is -0.409 e. The lowest BCUT2D eigenvalue weighted by atomic mass is 10.1. The maximum absolute atomic E-state index is 12.0. The van der Waals surface area contributed by atoms with Gasteiger partial charge in [-0.3, -0.25) is 4.79 Å². The van der Waals surface area contributed by atoms with Crippen molar-refractivity contribution in [2.24, 2.45) is 10.9 Å². The second-order valence-electron chi connectivity index (χ2n) is 3.85. The summed E-state index contributed by atoms with van der Waals surface area (Å²) in [4.78, 5) is 12.0. The van der Waals surface area contributed by atoms with E-state index in [4.69, 9.17) is 10.9 Å². The zero-order valence-electron chi connectivity index (χ0n) is 9.98. The van der Waals surface area contributed by atoms with Gasteiger partial charge in [-0.25, -0.2) is 0 Å². The highest BCUT2D eigenvalue weighted by molar-refractivity contribution is 7.08. The van der Waals surface area contributed by atoms with Crippen molar-refractivity contribution in [2.45, 2.75) is 6.04 Å². The number of rotatable bonds is 4. The molecule has 0 spiro atoms. The number of hydrogen-bond donors (Lipinski definition) is 3. The van der Waals surface area contributed by atoms with Crippen LogP contribution >= 0.6 is 11.3 Å². The Morgan fingerprint density at radius 2 is 2.05 bits per heavy atom. The van der Waals surface area contributed by atoms with E-state index in [-0.39, 0.29) is 11.7 Å². The van der Waals surface area contributed by atoms with Crippen molar-refractivity contribution in [3.05, 3.63) is 58.3 Å². The molecule has 0 fully saturated rings. The number of hydrogen-bond acceptors (Lipinski definition) is 4. The number of amidine groups is 1. The molecule has 0 saturated carbocycles. The molecule has 0 aliphatic rings. The number of oxime groups is 1. The Kier molecular flexibility index (Phi) is 4.15. The molecule has 19 heavy (non-hydrogen) atoms. The van der Waals surface area contributed by atoms with Gasteiger partial charge in [-0.15, -0.1) is 0 Å². The largest absolute Gasteiger partial charge is 0.409 e. The molecule has 1 unspecified atom stereocenters. The van der Waals surface area contributed by atoms with Gasteiger partial charge >= 0.3 is 0 Å². The highest BCUT2D eigenvalue weighted by Crippen LogP contribution is 2.14.